The summed E-state index contributed by atoms with van der Waals surface area (Å²) >= 11 is 0. The zero-order valence-electron chi connectivity index (χ0n) is 13.8. The number of carbonyl (C=O) groups is 1. The predicted molar refractivity (Wildman–Crippen MR) is 90.4 cm³/mol. The molecule has 1 amide bonds. The Balaban J connectivity index is 1.90. The fourth-order valence-corrected chi connectivity index (χ4v) is 2.71. The molecule has 0 bridgehead atoms. The van der Waals surface area contributed by atoms with E-state index in [0.29, 0.717) is 12.2 Å². The topological polar surface area (TPSA) is 48.5 Å². The summed E-state index contributed by atoms with van der Waals surface area (Å²) in [6.07, 6.45) is 5.96. The van der Waals surface area contributed by atoms with Crippen LogP contribution in [0.2, 0.25) is 0 Å². The second-order valence-corrected chi connectivity index (χ2v) is 6.20. The van der Waals surface area contributed by atoms with Crippen LogP contribution >= 0.6 is 0 Å². The molecule has 0 spiro atoms. The maximum Gasteiger partial charge on any atom is 0.269 e. The van der Waals surface area contributed by atoms with Crippen molar-refractivity contribution in [1.29, 1.82) is 0 Å². The number of hydrogen-bond acceptors (Lipinski definition) is 4. The molecular formula is C17H28N4O. The van der Waals surface area contributed by atoms with E-state index in [4.69, 9.17) is 0 Å². The molecule has 0 aliphatic carbocycles. The number of pyridine rings is 1. The van der Waals surface area contributed by atoms with E-state index in [2.05, 4.69) is 20.1 Å². The average Bonchev–Trinajstić information content (AvgIpc) is 2.80. The van der Waals surface area contributed by atoms with Gasteiger partial charge < -0.3 is 15.1 Å². The van der Waals surface area contributed by atoms with Crippen LogP contribution in [0.15, 0.2) is 18.2 Å². The molecule has 1 aromatic rings. The van der Waals surface area contributed by atoms with E-state index in [1.54, 1.807) is 6.07 Å². The van der Waals surface area contributed by atoms with Crippen LogP contribution in [0, 0.1) is 0 Å². The Morgan fingerprint density at radius 3 is 2.64 bits per heavy atom. The summed E-state index contributed by atoms with van der Waals surface area (Å²) in [6.45, 7) is 3.75. The number of anilines is 1. The standard InChI is InChI=1S/C17H28N4O/c1-20(2)12-8-11-18-17(22)15-9-7-10-16(19-15)21-13-5-3-4-6-14-21/h7,9-10H,3-6,8,11-14H2,1-2H3,(H,18,22). The van der Waals surface area contributed by atoms with Gasteiger partial charge in [0, 0.05) is 19.6 Å². The first-order valence-corrected chi connectivity index (χ1v) is 8.32. The zero-order chi connectivity index (χ0) is 15.8. The lowest BCUT2D eigenvalue weighted by molar-refractivity contribution is 0.0947. The van der Waals surface area contributed by atoms with E-state index in [9.17, 15) is 4.79 Å². The molecule has 1 aliphatic heterocycles. The largest absolute Gasteiger partial charge is 0.357 e. The minimum atomic E-state index is -0.0737. The van der Waals surface area contributed by atoms with E-state index < -0.39 is 0 Å². The number of aromatic nitrogens is 1. The number of hydrogen-bond donors (Lipinski definition) is 1. The number of nitrogens with one attached hydrogen (secondary N) is 1. The van der Waals surface area contributed by atoms with Gasteiger partial charge in [-0.25, -0.2) is 4.98 Å². The summed E-state index contributed by atoms with van der Waals surface area (Å²) in [5.74, 6) is 0.860. The van der Waals surface area contributed by atoms with Crippen molar-refractivity contribution in [2.75, 3.05) is 45.2 Å². The lowest BCUT2D eigenvalue weighted by Crippen LogP contribution is -2.29. The van der Waals surface area contributed by atoms with Gasteiger partial charge in [-0.15, -0.1) is 0 Å². The van der Waals surface area contributed by atoms with Gasteiger partial charge in [0.05, 0.1) is 0 Å². The number of amides is 1. The monoisotopic (exact) mass is 304 g/mol. The summed E-state index contributed by atoms with van der Waals surface area (Å²) in [5, 5.41) is 2.95. The van der Waals surface area contributed by atoms with Crippen molar-refractivity contribution in [3.8, 4) is 0 Å². The second kappa shape index (κ2) is 8.73. The van der Waals surface area contributed by atoms with Crippen LogP contribution in [0.5, 0.6) is 0 Å². The van der Waals surface area contributed by atoms with Crippen LogP contribution in [0.3, 0.4) is 0 Å². The van der Waals surface area contributed by atoms with Crippen molar-refractivity contribution in [3.05, 3.63) is 23.9 Å². The Kier molecular flexibility index (Phi) is 6.65. The van der Waals surface area contributed by atoms with E-state index in [0.717, 1.165) is 31.9 Å². The summed E-state index contributed by atoms with van der Waals surface area (Å²) in [5.41, 5.74) is 0.520. The van der Waals surface area contributed by atoms with Crippen LogP contribution < -0.4 is 10.2 Å². The maximum absolute atomic E-state index is 12.2. The average molecular weight is 304 g/mol. The number of rotatable bonds is 6. The molecule has 1 N–H and O–H groups in total. The fourth-order valence-electron chi connectivity index (χ4n) is 2.71. The number of carbonyl (C=O) groups excluding carboxylic acids is 1. The molecule has 2 rings (SSSR count). The SMILES string of the molecule is CN(C)CCCNC(=O)c1cccc(N2CCCCCC2)n1. The van der Waals surface area contributed by atoms with Gasteiger partial charge in [-0.3, -0.25) is 4.79 Å². The Hall–Kier alpha value is -1.62. The maximum atomic E-state index is 12.2. The van der Waals surface area contributed by atoms with Crippen molar-refractivity contribution >= 4 is 11.7 Å². The van der Waals surface area contributed by atoms with Crippen molar-refractivity contribution in [3.63, 3.8) is 0 Å². The third-order valence-electron chi connectivity index (χ3n) is 3.96. The quantitative estimate of drug-likeness (QED) is 0.818. The summed E-state index contributed by atoms with van der Waals surface area (Å²) in [4.78, 5) is 21.2. The van der Waals surface area contributed by atoms with Gasteiger partial charge in [-0.2, -0.15) is 0 Å². The highest BCUT2D eigenvalue weighted by Crippen LogP contribution is 2.17. The number of nitrogens with zero attached hydrogens (tertiary/aromatic N) is 3. The fraction of sp³-hybridized carbons (Fsp3) is 0.647. The highest BCUT2D eigenvalue weighted by atomic mass is 16.1. The van der Waals surface area contributed by atoms with Crippen molar-refractivity contribution < 1.29 is 4.79 Å². The molecule has 5 nitrogen and oxygen atoms in total. The molecule has 0 saturated carbocycles. The van der Waals surface area contributed by atoms with Gasteiger partial charge in [0.2, 0.25) is 0 Å². The van der Waals surface area contributed by atoms with E-state index in [1.807, 2.05) is 26.2 Å². The lowest BCUT2D eigenvalue weighted by atomic mass is 10.2. The van der Waals surface area contributed by atoms with Crippen LogP contribution in [0.25, 0.3) is 0 Å². The van der Waals surface area contributed by atoms with Gasteiger partial charge >= 0.3 is 0 Å². The minimum Gasteiger partial charge on any atom is -0.357 e. The Bertz CT molecular complexity index is 467. The third-order valence-corrected chi connectivity index (χ3v) is 3.96. The van der Waals surface area contributed by atoms with Crippen molar-refractivity contribution in [2.45, 2.75) is 32.1 Å². The van der Waals surface area contributed by atoms with Gasteiger partial charge in [-0.05, 0) is 52.0 Å². The molecule has 0 radical (unpaired) electrons. The zero-order valence-corrected chi connectivity index (χ0v) is 13.8. The molecule has 1 fully saturated rings. The molecule has 0 atom stereocenters. The van der Waals surface area contributed by atoms with E-state index in [-0.39, 0.29) is 5.91 Å². The van der Waals surface area contributed by atoms with Gasteiger partial charge in [0.25, 0.3) is 5.91 Å². The molecule has 122 valence electrons. The molecule has 0 unspecified atom stereocenters. The highest BCUT2D eigenvalue weighted by molar-refractivity contribution is 5.92. The Morgan fingerprint density at radius 2 is 1.95 bits per heavy atom. The first kappa shape index (κ1) is 16.7. The van der Waals surface area contributed by atoms with Crippen LogP contribution in [0.1, 0.15) is 42.6 Å². The Morgan fingerprint density at radius 1 is 1.23 bits per heavy atom. The summed E-state index contributed by atoms with van der Waals surface area (Å²) < 4.78 is 0. The van der Waals surface area contributed by atoms with E-state index >= 15 is 0 Å². The molecule has 1 aliphatic rings. The molecule has 0 aromatic carbocycles. The molecule has 22 heavy (non-hydrogen) atoms. The van der Waals surface area contributed by atoms with E-state index in [1.165, 1.54) is 25.7 Å². The smallest absolute Gasteiger partial charge is 0.269 e. The normalized spacial score (nSPS) is 15.7. The molecule has 1 saturated heterocycles. The van der Waals surface area contributed by atoms with Gasteiger partial charge in [-0.1, -0.05) is 18.9 Å². The summed E-state index contributed by atoms with van der Waals surface area (Å²) in [7, 11) is 4.07. The first-order valence-electron chi connectivity index (χ1n) is 8.32. The van der Waals surface area contributed by atoms with Crippen LogP contribution in [0.4, 0.5) is 5.82 Å². The predicted octanol–water partition coefficient (Wildman–Crippen LogP) is 2.14. The van der Waals surface area contributed by atoms with Crippen molar-refractivity contribution in [1.82, 2.24) is 15.2 Å². The highest BCUT2D eigenvalue weighted by Gasteiger charge is 2.13. The molecule has 5 heteroatoms. The molecular weight excluding hydrogens is 276 g/mol. The third kappa shape index (κ3) is 5.30. The second-order valence-electron chi connectivity index (χ2n) is 6.20. The minimum absolute atomic E-state index is 0.0737. The molecule has 1 aromatic heterocycles. The van der Waals surface area contributed by atoms with Gasteiger partial charge in [0.15, 0.2) is 0 Å². The summed E-state index contributed by atoms with van der Waals surface area (Å²) in [6, 6.07) is 5.73. The van der Waals surface area contributed by atoms with Gasteiger partial charge in [0.1, 0.15) is 11.5 Å². The lowest BCUT2D eigenvalue weighted by Gasteiger charge is -2.21. The first-order chi connectivity index (χ1) is 10.7. The van der Waals surface area contributed by atoms with Crippen LogP contribution in [-0.2, 0) is 0 Å². The Labute approximate surface area is 133 Å². The van der Waals surface area contributed by atoms with Crippen LogP contribution in [-0.4, -0.2) is 56.1 Å². The van der Waals surface area contributed by atoms with Crippen molar-refractivity contribution in [2.24, 2.45) is 0 Å². The molecule has 2 heterocycles.